The Morgan fingerprint density at radius 1 is 1.07 bits per heavy atom. The molecule has 3 aromatic rings. The third kappa shape index (κ3) is 5.98. The van der Waals surface area contributed by atoms with Gasteiger partial charge in [-0.15, -0.1) is 0 Å². The molecule has 0 unspecified atom stereocenters. The van der Waals surface area contributed by atoms with E-state index in [4.69, 9.17) is 23.3 Å². The van der Waals surface area contributed by atoms with Gasteiger partial charge in [0.15, 0.2) is 12.4 Å². The molecule has 0 bridgehead atoms. The third-order valence-electron chi connectivity index (χ3n) is 3.83. The summed E-state index contributed by atoms with van der Waals surface area (Å²) in [6.07, 6.45) is 0.974. The molecular formula is C20H19NO8S. The molecule has 0 fully saturated rings. The highest BCUT2D eigenvalue weighted by Crippen LogP contribution is 2.26. The lowest BCUT2D eigenvalue weighted by Gasteiger charge is -2.09. The Kier molecular flexibility index (Phi) is 6.26. The molecule has 3 rings (SSSR count). The van der Waals surface area contributed by atoms with Crippen LogP contribution in [0.5, 0.6) is 17.2 Å². The van der Waals surface area contributed by atoms with Gasteiger partial charge in [-0.3, -0.25) is 0 Å². The molecule has 158 valence electrons. The zero-order chi connectivity index (χ0) is 21.7. The van der Waals surface area contributed by atoms with Crippen molar-refractivity contribution < 1.29 is 36.5 Å². The van der Waals surface area contributed by atoms with Gasteiger partial charge in [0.1, 0.15) is 29.5 Å². The summed E-state index contributed by atoms with van der Waals surface area (Å²) in [5, 5.41) is 12.6. The Hall–Kier alpha value is -3.53. The first-order chi connectivity index (χ1) is 14.2. The molecule has 1 aromatic heterocycles. The van der Waals surface area contributed by atoms with Gasteiger partial charge in [-0.25, -0.2) is 4.79 Å². The van der Waals surface area contributed by atoms with Crippen LogP contribution in [0.3, 0.4) is 0 Å². The monoisotopic (exact) mass is 433 g/mol. The Morgan fingerprint density at radius 3 is 2.40 bits per heavy atom. The van der Waals surface area contributed by atoms with Crippen LogP contribution in [0, 0.1) is 6.92 Å². The average Bonchev–Trinajstić information content (AvgIpc) is 3.14. The van der Waals surface area contributed by atoms with E-state index in [2.05, 4.69) is 5.16 Å². The van der Waals surface area contributed by atoms with E-state index in [0.29, 0.717) is 28.5 Å². The predicted octanol–water partition coefficient (Wildman–Crippen LogP) is 3.03. The van der Waals surface area contributed by atoms with Gasteiger partial charge in [-0.2, -0.15) is 8.42 Å². The van der Waals surface area contributed by atoms with Crippen molar-refractivity contribution in [3.05, 3.63) is 59.8 Å². The zero-order valence-electron chi connectivity index (χ0n) is 16.2. The molecular weight excluding hydrogens is 414 g/mol. The van der Waals surface area contributed by atoms with Crippen LogP contribution < -0.4 is 13.7 Å². The number of nitrogens with zero attached hydrogens (tertiary/aromatic N) is 1. The first kappa shape index (κ1) is 21.2. The third-order valence-corrected chi connectivity index (χ3v) is 4.32. The van der Waals surface area contributed by atoms with E-state index in [1.165, 1.54) is 12.1 Å². The van der Waals surface area contributed by atoms with Gasteiger partial charge >= 0.3 is 16.1 Å². The molecule has 10 heteroatoms. The minimum atomic E-state index is -3.58. The van der Waals surface area contributed by atoms with Crippen molar-refractivity contribution in [3.8, 4) is 28.6 Å². The minimum absolute atomic E-state index is 0.160. The molecule has 0 aliphatic rings. The van der Waals surface area contributed by atoms with Gasteiger partial charge in [-0.1, -0.05) is 5.16 Å². The zero-order valence-corrected chi connectivity index (χ0v) is 17.0. The SMILES string of the molecule is Cc1cc(OCc2cc(-c3ccc(OS(C)(=O)=O)cc3)on2)ccc1OCC(=O)O. The van der Waals surface area contributed by atoms with Crippen molar-refractivity contribution in [1.29, 1.82) is 0 Å². The van der Waals surface area contributed by atoms with Crippen LogP contribution in [0.15, 0.2) is 53.1 Å². The molecule has 0 aliphatic heterocycles. The number of carbonyl (C=O) groups is 1. The Balaban J connectivity index is 1.60. The van der Waals surface area contributed by atoms with E-state index in [1.807, 2.05) is 0 Å². The van der Waals surface area contributed by atoms with Crippen molar-refractivity contribution in [1.82, 2.24) is 5.16 Å². The van der Waals surface area contributed by atoms with Crippen molar-refractivity contribution in [2.45, 2.75) is 13.5 Å². The standard InChI is InChI=1S/C20H19NO8S/c1-13-9-17(7-8-18(13)27-12-20(22)23)26-11-15-10-19(28-21-15)14-3-5-16(6-4-14)29-30(2,24)25/h3-10H,11-12H2,1-2H3,(H,22,23). The topological polar surface area (TPSA) is 125 Å². The average molecular weight is 433 g/mol. The van der Waals surface area contributed by atoms with Crippen molar-refractivity contribution in [3.63, 3.8) is 0 Å². The maximum Gasteiger partial charge on any atom is 0.341 e. The number of benzene rings is 2. The summed E-state index contributed by atoms with van der Waals surface area (Å²) in [5.41, 5.74) is 2.00. The number of aryl methyl sites for hydroxylation is 1. The number of hydrogen-bond acceptors (Lipinski definition) is 8. The van der Waals surface area contributed by atoms with Gasteiger partial charge in [0.25, 0.3) is 0 Å². The molecule has 1 heterocycles. The van der Waals surface area contributed by atoms with Crippen LogP contribution >= 0.6 is 0 Å². The quantitative estimate of drug-likeness (QED) is 0.507. The van der Waals surface area contributed by atoms with Crippen LogP contribution in [-0.2, 0) is 21.5 Å². The lowest BCUT2D eigenvalue weighted by molar-refractivity contribution is -0.139. The Morgan fingerprint density at radius 2 is 1.77 bits per heavy atom. The van der Waals surface area contributed by atoms with Crippen LogP contribution in [0.1, 0.15) is 11.3 Å². The Labute approximate surface area is 172 Å². The normalized spacial score (nSPS) is 11.1. The largest absolute Gasteiger partial charge is 0.487 e. The van der Waals surface area contributed by atoms with Crippen LogP contribution in [0.2, 0.25) is 0 Å². The summed E-state index contributed by atoms with van der Waals surface area (Å²) in [6.45, 7) is 1.53. The highest BCUT2D eigenvalue weighted by molar-refractivity contribution is 7.86. The summed E-state index contributed by atoms with van der Waals surface area (Å²) in [4.78, 5) is 10.6. The predicted molar refractivity (Wildman–Crippen MR) is 106 cm³/mol. The lowest BCUT2D eigenvalue weighted by Crippen LogP contribution is -2.10. The minimum Gasteiger partial charge on any atom is -0.487 e. The molecule has 0 spiro atoms. The first-order valence-electron chi connectivity index (χ1n) is 8.73. The number of aliphatic carboxylic acids is 1. The molecule has 1 N–H and O–H groups in total. The van der Waals surface area contributed by atoms with E-state index in [1.54, 1.807) is 43.3 Å². The highest BCUT2D eigenvalue weighted by atomic mass is 32.2. The van der Waals surface area contributed by atoms with Crippen LogP contribution in [-0.4, -0.2) is 37.5 Å². The molecule has 0 saturated heterocycles. The second kappa shape index (κ2) is 8.87. The van der Waals surface area contributed by atoms with Crippen LogP contribution in [0.4, 0.5) is 0 Å². The fraction of sp³-hybridized carbons (Fsp3) is 0.200. The van der Waals surface area contributed by atoms with E-state index in [9.17, 15) is 13.2 Å². The molecule has 0 aliphatic carbocycles. The van der Waals surface area contributed by atoms with E-state index in [0.717, 1.165) is 11.8 Å². The van der Waals surface area contributed by atoms with Gasteiger partial charge in [0.05, 0.1) is 6.26 Å². The lowest BCUT2D eigenvalue weighted by atomic mass is 10.1. The summed E-state index contributed by atoms with van der Waals surface area (Å²) in [7, 11) is -3.58. The molecule has 2 aromatic carbocycles. The van der Waals surface area contributed by atoms with E-state index in [-0.39, 0.29) is 12.4 Å². The number of carboxylic acid groups (broad SMARTS) is 1. The fourth-order valence-electron chi connectivity index (χ4n) is 2.54. The van der Waals surface area contributed by atoms with E-state index >= 15 is 0 Å². The Bertz CT molecular complexity index is 1140. The van der Waals surface area contributed by atoms with Crippen molar-refractivity contribution >= 4 is 16.1 Å². The van der Waals surface area contributed by atoms with Gasteiger partial charge in [0, 0.05) is 11.6 Å². The maximum atomic E-state index is 11.2. The van der Waals surface area contributed by atoms with Gasteiger partial charge in [0.2, 0.25) is 0 Å². The van der Waals surface area contributed by atoms with Crippen LogP contribution in [0.25, 0.3) is 11.3 Å². The molecule has 0 radical (unpaired) electrons. The first-order valence-corrected chi connectivity index (χ1v) is 10.5. The van der Waals surface area contributed by atoms with E-state index < -0.39 is 22.7 Å². The van der Waals surface area contributed by atoms with Crippen molar-refractivity contribution in [2.24, 2.45) is 0 Å². The van der Waals surface area contributed by atoms with Gasteiger partial charge in [-0.05, 0) is 55.0 Å². The summed E-state index contributed by atoms with van der Waals surface area (Å²) >= 11 is 0. The number of hydrogen-bond donors (Lipinski definition) is 1. The summed E-state index contributed by atoms with van der Waals surface area (Å²) < 4.78 is 43.3. The smallest absolute Gasteiger partial charge is 0.341 e. The number of rotatable bonds is 9. The summed E-state index contributed by atoms with van der Waals surface area (Å²) in [5.74, 6) is 0.691. The molecule has 0 amide bonds. The molecule has 0 atom stereocenters. The fourth-order valence-corrected chi connectivity index (χ4v) is 3.00. The second-order valence-electron chi connectivity index (χ2n) is 6.39. The van der Waals surface area contributed by atoms with Gasteiger partial charge < -0.3 is 23.3 Å². The molecule has 30 heavy (non-hydrogen) atoms. The number of aromatic nitrogens is 1. The number of carboxylic acids is 1. The maximum absolute atomic E-state index is 11.2. The second-order valence-corrected chi connectivity index (χ2v) is 7.97. The highest BCUT2D eigenvalue weighted by Gasteiger charge is 2.10. The van der Waals surface area contributed by atoms with Crippen molar-refractivity contribution in [2.75, 3.05) is 12.9 Å². The number of ether oxygens (including phenoxy) is 2. The summed E-state index contributed by atoms with van der Waals surface area (Å²) in [6, 6.07) is 13.1. The molecule has 9 nitrogen and oxygen atoms in total. The molecule has 0 saturated carbocycles.